The monoisotopic (exact) mass is 428 g/mol. The zero-order chi connectivity index (χ0) is 22.3. The van der Waals surface area contributed by atoms with E-state index < -0.39 is 17.6 Å². The van der Waals surface area contributed by atoms with Gasteiger partial charge in [-0.1, -0.05) is 45.3 Å². The Morgan fingerprint density at radius 3 is 2.71 bits per heavy atom. The molecule has 0 aromatic carbocycles. The van der Waals surface area contributed by atoms with Gasteiger partial charge in [0, 0.05) is 26.1 Å². The third-order valence-corrected chi connectivity index (χ3v) is 8.07. The second kappa shape index (κ2) is 8.53. The highest BCUT2D eigenvalue weighted by molar-refractivity contribution is 6.22. The molecule has 2 aliphatic heterocycles. The number of allylic oxidation sites excluding steroid dienone is 2. The van der Waals surface area contributed by atoms with Gasteiger partial charge in [-0.2, -0.15) is 0 Å². The number of Topliss-reactive ketones (excluding diaryl/α,β-unsaturated/α-hetero) is 1. The molecular weight excluding hydrogens is 392 g/mol. The maximum atomic E-state index is 13.6. The number of hydrogen-bond donors (Lipinski definition) is 1. The molecule has 4 rings (SSSR count). The van der Waals surface area contributed by atoms with Crippen molar-refractivity contribution in [2.75, 3.05) is 20.1 Å². The molecule has 1 saturated heterocycles. The van der Waals surface area contributed by atoms with Crippen molar-refractivity contribution < 1.29 is 19.5 Å². The molecule has 2 aliphatic carbocycles. The van der Waals surface area contributed by atoms with Gasteiger partial charge >= 0.3 is 0 Å². The summed E-state index contributed by atoms with van der Waals surface area (Å²) in [5.41, 5.74) is -1.59. The molecule has 0 aromatic heterocycles. The first-order valence-corrected chi connectivity index (χ1v) is 12.0. The van der Waals surface area contributed by atoms with Crippen molar-refractivity contribution in [2.24, 2.45) is 29.6 Å². The zero-order valence-corrected chi connectivity index (χ0v) is 19.0. The second-order valence-electron chi connectivity index (χ2n) is 10.00. The number of aliphatic hydroxyl groups is 1. The zero-order valence-electron chi connectivity index (χ0n) is 19.0. The van der Waals surface area contributed by atoms with Gasteiger partial charge in [-0.25, -0.2) is 0 Å². The lowest BCUT2D eigenvalue weighted by Gasteiger charge is -2.40. The first-order valence-electron chi connectivity index (χ1n) is 12.0. The highest BCUT2D eigenvalue weighted by Crippen LogP contribution is 2.47. The molecule has 31 heavy (non-hydrogen) atoms. The van der Waals surface area contributed by atoms with Crippen LogP contribution in [0.1, 0.15) is 58.8 Å². The molecule has 2 heterocycles. The largest absolute Gasteiger partial charge is 0.366 e. The highest BCUT2D eigenvalue weighted by Gasteiger charge is 2.58. The molecule has 4 aliphatic rings. The molecule has 2 fully saturated rings. The van der Waals surface area contributed by atoms with Crippen molar-refractivity contribution in [2.45, 2.75) is 64.5 Å². The molecule has 2 amide bonds. The smallest absolute Gasteiger partial charge is 0.259 e. The van der Waals surface area contributed by atoms with Crippen LogP contribution in [-0.2, 0) is 14.4 Å². The van der Waals surface area contributed by atoms with E-state index in [1.165, 1.54) is 17.4 Å². The lowest BCUT2D eigenvalue weighted by atomic mass is 9.63. The molecular formula is C25H36N2O4. The van der Waals surface area contributed by atoms with Crippen molar-refractivity contribution >= 4 is 17.6 Å². The first kappa shape index (κ1) is 22.3. The molecule has 0 radical (unpaired) electrons. The molecule has 1 unspecified atom stereocenters. The van der Waals surface area contributed by atoms with Crippen LogP contribution < -0.4 is 0 Å². The van der Waals surface area contributed by atoms with E-state index in [1.54, 1.807) is 11.9 Å². The van der Waals surface area contributed by atoms with E-state index in [2.05, 4.69) is 26.0 Å². The maximum absolute atomic E-state index is 13.6. The Morgan fingerprint density at radius 2 is 1.97 bits per heavy atom. The van der Waals surface area contributed by atoms with Gasteiger partial charge in [-0.15, -0.1) is 0 Å². The number of rotatable bonds is 6. The van der Waals surface area contributed by atoms with Gasteiger partial charge in [-0.3, -0.25) is 14.4 Å². The van der Waals surface area contributed by atoms with Crippen molar-refractivity contribution in [1.82, 2.24) is 9.80 Å². The highest BCUT2D eigenvalue weighted by atomic mass is 16.3. The van der Waals surface area contributed by atoms with Crippen LogP contribution in [-0.4, -0.2) is 58.4 Å². The molecule has 1 N–H and O–H groups in total. The van der Waals surface area contributed by atoms with Gasteiger partial charge in [0.1, 0.15) is 0 Å². The van der Waals surface area contributed by atoms with Crippen LogP contribution in [0.3, 0.4) is 0 Å². The summed E-state index contributed by atoms with van der Waals surface area (Å²) >= 11 is 0. The van der Waals surface area contributed by atoms with Crippen LogP contribution in [0.2, 0.25) is 0 Å². The number of carbonyl (C=O) groups excluding carboxylic acids is 3. The summed E-state index contributed by atoms with van der Waals surface area (Å²) in [7, 11) is 1.75. The third kappa shape index (κ3) is 3.67. The Morgan fingerprint density at radius 1 is 1.23 bits per heavy atom. The van der Waals surface area contributed by atoms with Crippen LogP contribution in [0.5, 0.6) is 0 Å². The number of ketones is 1. The standard InChI is InChI=1S/C25H36N2O4/c1-4-5-13-26(3)24(30)20-12-14-27-23(29)19(15-25(20,27)31)22(28)21-16(2)10-11-17-8-6-7-9-18(17)21/h10-11,15-18,20-21,31H,4-9,12-14H2,1-3H3/t16-,17+,18-,20-,21?,25-/m0/s1. The van der Waals surface area contributed by atoms with Crippen molar-refractivity contribution in [3.05, 3.63) is 23.8 Å². The van der Waals surface area contributed by atoms with E-state index in [4.69, 9.17) is 0 Å². The van der Waals surface area contributed by atoms with Crippen molar-refractivity contribution in [3.63, 3.8) is 0 Å². The van der Waals surface area contributed by atoms with Gasteiger partial charge in [-0.05, 0) is 49.5 Å². The lowest BCUT2D eigenvalue weighted by Crippen LogP contribution is -2.50. The minimum Gasteiger partial charge on any atom is -0.366 e. The Labute approximate surface area is 185 Å². The fourth-order valence-corrected chi connectivity index (χ4v) is 6.27. The fourth-order valence-electron chi connectivity index (χ4n) is 6.27. The van der Waals surface area contributed by atoms with Crippen LogP contribution in [0.4, 0.5) is 0 Å². The summed E-state index contributed by atoms with van der Waals surface area (Å²) in [4.78, 5) is 42.9. The summed E-state index contributed by atoms with van der Waals surface area (Å²) < 4.78 is 0. The van der Waals surface area contributed by atoms with E-state index in [-0.39, 0.29) is 35.0 Å². The molecule has 0 aromatic rings. The quantitative estimate of drug-likeness (QED) is 0.521. The summed E-state index contributed by atoms with van der Waals surface area (Å²) in [5, 5.41) is 11.4. The molecule has 6 atom stereocenters. The van der Waals surface area contributed by atoms with Crippen molar-refractivity contribution in [1.29, 1.82) is 0 Å². The average molecular weight is 429 g/mol. The molecule has 170 valence electrons. The van der Waals surface area contributed by atoms with Gasteiger partial charge in [0.15, 0.2) is 11.5 Å². The molecule has 1 saturated carbocycles. The second-order valence-corrected chi connectivity index (χ2v) is 10.00. The normalized spacial score (nSPS) is 36.8. The van der Waals surface area contributed by atoms with E-state index in [0.717, 1.165) is 32.1 Å². The number of hydrogen-bond acceptors (Lipinski definition) is 4. The predicted octanol–water partition coefficient (Wildman–Crippen LogP) is 2.92. The fraction of sp³-hybridized carbons (Fsp3) is 0.720. The topological polar surface area (TPSA) is 77.9 Å². The average Bonchev–Trinajstić information content (AvgIpc) is 3.23. The van der Waals surface area contributed by atoms with Gasteiger partial charge in [0.05, 0.1) is 11.5 Å². The van der Waals surface area contributed by atoms with Crippen LogP contribution >= 0.6 is 0 Å². The maximum Gasteiger partial charge on any atom is 0.259 e. The Balaban J connectivity index is 1.59. The van der Waals surface area contributed by atoms with E-state index >= 15 is 0 Å². The Hall–Kier alpha value is -1.95. The molecule has 6 nitrogen and oxygen atoms in total. The first-order chi connectivity index (χ1) is 14.8. The van der Waals surface area contributed by atoms with Gasteiger partial charge < -0.3 is 14.9 Å². The van der Waals surface area contributed by atoms with E-state index in [9.17, 15) is 19.5 Å². The summed E-state index contributed by atoms with van der Waals surface area (Å²) in [6.07, 6.45) is 12.5. The van der Waals surface area contributed by atoms with Crippen LogP contribution in [0.15, 0.2) is 23.8 Å². The SMILES string of the molecule is CCCCN(C)C(=O)[C@@H]1CCN2C(=O)C(C(=O)C3[C@H]4CCCC[C@@H]4C=C[C@@H]3C)=C[C@]12O. The number of fused-ring (bicyclic) bond motifs is 2. The predicted molar refractivity (Wildman–Crippen MR) is 118 cm³/mol. The summed E-state index contributed by atoms with van der Waals surface area (Å²) in [6.45, 7) is 5.04. The number of amides is 2. The minimum atomic E-state index is -1.68. The van der Waals surface area contributed by atoms with E-state index in [1.807, 2.05) is 0 Å². The summed E-state index contributed by atoms with van der Waals surface area (Å²) in [5.74, 6) is -0.913. The van der Waals surface area contributed by atoms with E-state index in [0.29, 0.717) is 25.4 Å². The van der Waals surface area contributed by atoms with Crippen LogP contribution in [0, 0.1) is 29.6 Å². The molecule has 6 heteroatoms. The Bertz CT molecular complexity index is 818. The number of nitrogens with zero attached hydrogens (tertiary/aromatic N) is 2. The summed E-state index contributed by atoms with van der Waals surface area (Å²) in [6, 6.07) is 0. The third-order valence-electron chi connectivity index (χ3n) is 8.07. The minimum absolute atomic E-state index is 0.0724. The number of unbranched alkanes of at least 4 members (excludes halogenated alkanes) is 1. The molecule has 0 spiro atoms. The van der Waals surface area contributed by atoms with Crippen molar-refractivity contribution in [3.8, 4) is 0 Å². The van der Waals surface area contributed by atoms with Gasteiger partial charge in [0.2, 0.25) is 5.91 Å². The van der Waals surface area contributed by atoms with Gasteiger partial charge in [0.25, 0.3) is 5.91 Å². The Kier molecular flexibility index (Phi) is 6.12. The number of carbonyl (C=O) groups is 3. The molecule has 0 bridgehead atoms. The van der Waals surface area contributed by atoms with Crippen LogP contribution in [0.25, 0.3) is 0 Å². The lowest BCUT2D eigenvalue weighted by molar-refractivity contribution is -0.151.